The van der Waals surface area contributed by atoms with Crippen molar-refractivity contribution in [3.63, 3.8) is 0 Å². The van der Waals surface area contributed by atoms with Crippen molar-refractivity contribution in [2.75, 3.05) is 20.1 Å². The molecular formula is C17H31N3O. The van der Waals surface area contributed by atoms with E-state index >= 15 is 0 Å². The number of rotatable bonds is 8. The smallest absolute Gasteiger partial charge is 0.163 e. The van der Waals surface area contributed by atoms with E-state index in [1.54, 1.807) is 6.92 Å². The SMILES string of the molecule is CCCN(C)C(/N=C(\C)NCC)=C(/C=C(/C)CC)C(C)=O. The molecule has 0 aromatic rings. The largest absolute Gasteiger partial charge is 0.374 e. The highest BCUT2D eigenvalue weighted by Crippen LogP contribution is 2.17. The van der Waals surface area contributed by atoms with E-state index < -0.39 is 0 Å². The molecule has 0 rings (SSSR count). The fourth-order valence-corrected chi connectivity index (χ4v) is 1.92. The number of nitrogens with one attached hydrogen (secondary N) is 1. The van der Waals surface area contributed by atoms with Crippen LogP contribution in [0, 0.1) is 0 Å². The lowest BCUT2D eigenvalue weighted by atomic mass is 10.1. The molecule has 0 heterocycles. The molecule has 0 fully saturated rings. The number of amidine groups is 1. The number of hydrogen-bond donors (Lipinski definition) is 1. The average molecular weight is 293 g/mol. The van der Waals surface area contributed by atoms with Crippen LogP contribution in [0.2, 0.25) is 0 Å². The van der Waals surface area contributed by atoms with Gasteiger partial charge in [0.15, 0.2) is 5.78 Å². The van der Waals surface area contributed by atoms with E-state index in [0.717, 1.165) is 37.6 Å². The van der Waals surface area contributed by atoms with E-state index in [1.807, 2.05) is 33.9 Å². The summed E-state index contributed by atoms with van der Waals surface area (Å²) in [6.45, 7) is 13.5. The zero-order valence-electron chi connectivity index (χ0n) is 14.7. The maximum atomic E-state index is 12.1. The van der Waals surface area contributed by atoms with E-state index in [1.165, 1.54) is 5.57 Å². The predicted molar refractivity (Wildman–Crippen MR) is 91.5 cm³/mol. The number of carbonyl (C=O) groups is 1. The van der Waals surface area contributed by atoms with Gasteiger partial charge in [-0.3, -0.25) is 4.79 Å². The first-order valence-electron chi connectivity index (χ1n) is 7.79. The van der Waals surface area contributed by atoms with Crippen LogP contribution in [0.3, 0.4) is 0 Å². The van der Waals surface area contributed by atoms with Crippen LogP contribution in [0.4, 0.5) is 0 Å². The van der Waals surface area contributed by atoms with Crippen molar-refractivity contribution < 1.29 is 4.79 Å². The Morgan fingerprint density at radius 2 is 1.81 bits per heavy atom. The molecule has 0 aliphatic carbocycles. The Kier molecular flexibility index (Phi) is 9.42. The second kappa shape index (κ2) is 10.2. The van der Waals surface area contributed by atoms with Gasteiger partial charge >= 0.3 is 0 Å². The Hall–Kier alpha value is -1.58. The van der Waals surface area contributed by atoms with Crippen LogP contribution in [-0.4, -0.2) is 36.7 Å². The quantitative estimate of drug-likeness (QED) is 0.322. The molecule has 0 aliphatic rings. The number of carbonyl (C=O) groups excluding carboxylic acids is 1. The normalized spacial score (nSPS) is 13.9. The van der Waals surface area contributed by atoms with Crippen molar-refractivity contribution in [2.45, 2.75) is 54.4 Å². The lowest BCUT2D eigenvalue weighted by molar-refractivity contribution is -0.113. The lowest BCUT2D eigenvalue weighted by Crippen LogP contribution is -2.25. The third-order valence-corrected chi connectivity index (χ3v) is 3.20. The molecule has 21 heavy (non-hydrogen) atoms. The van der Waals surface area contributed by atoms with Crippen LogP contribution >= 0.6 is 0 Å². The van der Waals surface area contributed by atoms with Crippen molar-refractivity contribution in [3.8, 4) is 0 Å². The number of nitrogens with zero attached hydrogens (tertiary/aromatic N) is 2. The molecule has 0 radical (unpaired) electrons. The first-order chi connectivity index (χ1) is 9.87. The predicted octanol–water partition coefficient (Wildman–Crippen LogP) is 3.51. The van der Waals surface area contributed by atoms with Gasteiger partial charge in [0, 0.05) is 20.1 Å². The van der Waals surface area contributed by atoms with Crippen molar-refractivity contribution in [1.29, 1.82) is 0 Å². The minimum atomic E-state index is 0.0498. The highest BCUT2D eigenvalue weighted by atomic mass is 16.1. The summed E-state index contributed by atoms with van der Waals surface area (Å²) in [6.07, 6.45) is 3.90. The topological polar surface area (TPSA) is 44.7 Å². The van der Waals surface area contributed by atoms with Gasteiger partial charge in [-0.15, -0.1) is 0 Å². The first kappa shape index (κ1) is 19.4. The van der Waals surface area contributed by atoms with Crippen LogP contribution in [0.5, 0.6) is 0 Å². The second-order valence-electron chi connectivity index (χ2n) is 5.29. The molecule has 0 saturated carbocycles. The number of ketones is 1. The van der Waals surface area contributed by atoms with Gasteiger partial charge in [-0.1, -0.05) is 19.4 Å². The molecule has 0 bridgehead atoms. The van der Waals surface area contributed by atoms with E-state index in [4.69, 9.17) is 0 Å². The van der Waals surface area contributed by atoms with Crippen LogP contribution in [-0.2, 0) is 4.79 Å². The zero-order chi connectivity index (χ0) is 16.4. The maximum Gasteiger partial charge on any atom is 0.163 e. The summed E-state index contributed by atoms with van der Waals surface area (Å²) in [6, 6.07) is 0. The van der Waals surface area contributed by atoms with Gasteiger partial charge in [-0.2, -0.15) is 0 Å². The van der Waals surface area contributed by atoms with Gasteiger partial charge in [-0.25, -0.2) is 4.99 Å². The number of aliphatic imine (C=N–C) groups is 1. The number of hydrogen-bond acceptors (Lipinski definition) is 3. The van der Waals surface area contributed by atoms with Gasteiger partial charge in [0.1, 0.15) is 11.7 Å². The van der Waals surface area contributed by atoms with E-state index in [-0.39, 0.29) is 5.78 Å². The van der Waals surface area contributed by atoms with Crippen molar-refractivity contribution in [1.82, 2.24) is 10.2 Å². The minimum Gasteiger partial charge on any atom is -0.374 e. The van der Waals surface area contributed by atoms with Gasteiger partial charge < -0.3 is 10.2 Å². The summed E-state index contributed by atoms with van der Waals surface area (Å²) in [5.41, 5.74) is 1.86. The Morgan fingerprint density at radius 3 is 2.24 bits per heavy atom. The summed E-state index contributed by atoms with van der Waals surface area (Å²) < 4.78 is 0. The van der Waals surface area contributed by atoms with E-state index in [2.05, 4.69) is 29.1 Å². The van der Waals surface area contributed by atoms with Crippen LogP contribution in [0.25, 0.3) is 0 Å². The third kappa shape index (κ3) is 7.11. The standard InChI is InChI=1S/C17H31N3O/c1-8-11-20(7)17(19-15(6)18-10-3)16(14(5)21)12-13(4)9-2/h12H,8-11H2,1-7H3,(H,18,19)/b13-12-,17-16-. The Morgan fingerprint density at radius 1 is 1.19 bits per heavy atom. The molecule has 0 saturated heterocycles. The van der Waals surface area contributed by atoms with Crippen LogP contribution < -0.4 is 5.32 Å². The highest BCUT2D eigenvalue weighted by molar-refractivity contribution is 5.97. The molecule has 4 nitrogen and oxygen atoms in total. The Labute approximate surface area is 130 Å². The molecular weight excluding hydrogens is 262 g/mol. The van der Waals surface area contributed by atoms with Gasteiger partial charge in [0.2, 0.25) is 0 Å². The third-order valence-electron chi connectivity index (χ3n) is 3.20. The summed E-state index contributed by atoms with van der Waals surface area (Å²) >= 11 is 0. The Bertz CT molecular complexity index is 433. The molecule has 120 valence electrons. The second-order valence-corrected chi connectivity index (χ2v) is 5.29. The fraction of sp³-hybridized carbons (Fsp3) is 0.647. The Balaban J connectivity index is 5.93. The summed E-state index contributed by atoms with van der Waals surface area (Å²) in [5.74, 6) is 1.63. The molecule has 0 aromatic heterocycles. The zero-order valence-corrected chi connectivity index (χ0v) is 14.7. The fourth-order valence-electron chi connectivity index (χ4n) is 1.92. The van der Waals surface area contributed by atoms with E-state index in [0.29, 0.717) is 5.57 Å². The van der Waals surface area contributed by atoms with Gasteiger partial charge in [-0.05, 0) is 46.6 Å². The van der Waals surface area contributed by atoms with Crippen LogP contribution in [0.1, 0.15) is 54.4 Å². The average Bonchev–Trinajstić information content (AvgIpc) is 2.42. The molecule has 0 unspecified atom stereocenters. The first-order valence-corrected chi connectivity index (χ1v) is 7.79. The molecule has 0 aromatic carbocycles. The monoisotopic (exact) mass is 293 g/mol. The molecule has 0 amide bonds. The number of allylic oxidation sites excluding steroid dienone is 3. The van der Waals surface area contributed by atoms with Crippen molar-refractivity contribution in [3.05, 3.63) is 23.0 Å². The van der Waals surface area contributed by atoms with E-state index in [9.17, 15) is 4.79 Å². The highest BCUT2D eigenvalue weighted by Gasteiger charge is 2.13. The molecule has 0 spiro atoms. The van der Waals surface area contributed by atoms with Crippen molar-refractivity contribution >= 4 is 11.6 Å². The summed E-state index contributed by atoms with van der Waals surface area (Å²) in [4.78, 5) is 18.8. The minimum absolute atomic E-state index is 0.0498. The molecule has 4 heteroatoms. The van der Waals surface area contributed by atoms with Crippen molar-refractivity contribution in [2.24, 2.45) is 4.99 Å². The summed E-state index contributed by atoms with van der Waals surface area (Å²) in [5, 5.41) is 3.19. The molecule has 0 atom stereocenters. The van der Waals surface area contributed by atoms with Crippen LogP contribution in [0.15, 0.2) is 28.0 Å². The van der Waals surface area contributed by atoms with Gasteiger partial charge in [0.25, 0.3) is 0 Å². The maximum absolute atomic E-state index is 12.1. The number of Topliss-reactive ketones (excluding diaryl/α,β-unsaturated/α-hetero) is 1. The lowest BCUT2D eigenvalue weighted by Gasteiger charge is -2.21. The van der Waals surface area contributed by atoms with Gasteiger partial charge in [0.05, 0.1) is 5.57 Å². The molecule has 1 N–H and O–H groups in total. The summed E-state index contributed by atoms with van der Waals surface area (Å²) in [7, 11) is 1.99. The molecule has 0 aliphatic heterocycles.